The van der Waals surface area contributed by atoms with Crippen LogP contribution in [0.5, 0.6) is 5.75 Å². The molecule has 0 aromatic heterocycles. The normalized spacial score (nSPS) is 11.7. The topological polar surface area (TPSA) is 111 Å². The zero-order valence-electron chi connectivity index (χ0n) is 11.9. The lowest BCUT2D eigenvalue weighted by molar-refractivity contribution is -0.137. The molecule has 0 aliphatic heterocycles. The number of anilines is 1. The van der Waals surface area contributed by atoms with Gasteiger partial charge in [-0.15, -0.1) is 0 Å². The largest absolute Gasteiger partial charge is 0.491 e. The van der Waals surface area contributed by atoms with Crippen LogP contribution in [-0.4, -0.2) is 43.3 Å². The van der Waals surface area contributed by atoms with Crippen LogP contribution in [0.3, 0.4) is 0 Å². The fourth-order valence-corrected chi connectivity index (χ4v) is 1.55. The van der Waals surface area contributed by atoms with Gasteiger partial charge >= 0.3 is 5.97 Å². The summed E-state index contributed by atoms with van der Waals surface area (Å²) in [6.07, 6.45) is -0.0556. The molecule has 0 bridgehead atoms. The van der Waals surface area contributed by atoms with Gasteiger partial charge < -0.3 is 25.6 Å². The van der Waals surface area contributed by atoms with Gasteiger partial charge in [-0.2, -0.15) is 0 Å². The minimum absolute atomic E-state index is 0.0885. The monoisotopic (exact) mass is 296 g/mol. The van der Waals surface area contributed by atoms with Crippen molar-refractivity contribution in [2.24, 2.45) is 5.73 Å². The van der Waals surface area contributed by atoms with E-state index in [1.807, 2.05) is 0 Å². The Bertz CT molecular complexity index is 478. The summed E-state index contributed by atoms with van der Waals surface area (Å²) in [6.45, 7) is 0.878. The summed E-state index contributed by atoms with van der Waals surface area (Å²) in [4.78, 5) is 22.2. The highest BCUT2D eigenvalue weighted by atomic mass is 16.5. The number of carboxylic acids is 1. The lowest BCUT2D eigenvalue weighted by Gasteiger charge is -2.12. The average Bonchev–Trinajstić information content (AvgIpc) is 2.45. The average molecular weight is 296 g/mol. The molecule has 0 radical (unpaired) electrons. The van der Waals surface area contributed by atoms with Crippen molar-refractivity contribution in [2.75, 3.05) is 25.6 Å². The number of amides is 1. The molecule has 1 rings (SSSR count). The molecule has 0 aliphatic carbocycles. The fraction of sp³-hybridized carbons (Fsp3) is 0.429. The van der Waals surface area contributed by atoms with Gasteiger partial charge in [0, 0.05) is 25.3 Å². The number of methoxy groups -OCH3 is 1. The Hall–Kier alpha value is -2.12. The summed E-state index contributed by atoms with van der Waals surface area (Å²) < 4.78 is 10.3. The number of carbonyl (C=O) groups is 2. The van der Waals surface area contributed by atoms with E-state index < -0.39 is 17.9 Å². The number of benzene rings is 1. The van der Waals surface area contributed by atoms with Crippen molar-refractivity contribution in [3.8, 4) is 5.75 Å². The van der Waals surface area contributed by atoms with Gasteiger partial charge in [-0.05, 0) is 18.6 Å². The third-order valence-electron chi connectivity index (χ3n) is 2.66. The van der Waals surface area contributed by atoms with E-state index in [1.54, 1.807) is 31.4 Å². The van der Waals surface area contributed by atoms with Gasteiger partial charge in [-0.3, -0.25) is 9.59 Å². The quantitative estimate of drug-likeness (QED) is 0.582. The first kappa shape index (κ1) is 16.9. The molecule has 0 saturated heterocycles. The maximum Gasteiger partial charge on any atom is 0.303 e. The van der Waals surface area contributed by atoms with Crippen LogP contribution >= 0.6 is 0 Å². The van der Waals surface area contributed by atoms with Crippen molar-refractivity contribution in [3.63, 3.8) is 0 Å². The number of hydrogen-bond donors (Lipinski definition) is 3. The fourth-order valence-electron chi connectivity index (χ4n) is 1.55. The van der Waals surface area contributed by atoms with Gasteiger partial charge in [-0.25, -0.2) is 0 Å². The summed E-state index contributed by atoms with van der Waals surface area (Å²) in [7, 11) is 1.58. The number of nitrogens with two attached hydrogens (primary N) is 1. The predicted octanol–water partition coefficient (Wildman–Crippen LogP) is 0.842. The molecule has 1 amide bonds. The Kier molecular flexibility index (Phi) is 7.20. The van der Waals surface area contributed by atoms with Gasteiger partial charge in [0.25, 0.3) is 0 Å². The first-order chi connectivity index (χ1) is 10.0. The van der Waals surface area contributed by atoms with E-state index in [-0.39, 0.29) is 12.8 Å². The summed E-state index contributed by atoms with van der Waals surface area (Å²) in [5, 5.41) is 11.2. The zero-order valence-corrected chi connectivity index (χ0v) is 11.9. The van der Waals surface area contributed by atoms with Gasteiger partial charge in [0.2, 0.25) is 5.91 Å². The van der Waals surface area contributed by atoms with E-state index in [1.165, 1.54) is 0 Å². The molecule has 4 N–H and O–H groups in total. The Morgan fingerprint density at radius 1 is 1.38 bits per heavy atom. The highest BCUT2D eigenvalue weighted by Crippen LogP contribution is 2.17. The molecule has 0 saturated carbocycles. The molecule has 7 heteroatoms. The van der Waals surface area contributed by atoms with Crippen LogP contribution in [0.25, 0.3) is 0 Å². The molecule has 0 aliphatic rings. The van der Waals surface area contributed by atoms with Gasteiger partial charge in [0.05, 0.1) is 12.6 Å². The number of rotatable bonds is 9. The number of hydrogen-bond acceptors (Lipinski definition) is 5. The van der Waals surface area contributed by atoms with Crippen LogP contribution in [0.2, 0.25) is 0 Å². The van der Waals surface area contributed by atoms with Crippen LogP contribution in [0.4, 0.5) is 5.69 Å². The van der Waals surface area contributed by atoms with Crippen LogP contribution < -0.4 is 15.8 Å². The summed E-state index contributed by atoms with van der Waals surface area (Å²) in [5.41, 5.74) is 6.17. The summed E-state index contributed by atoms with van der Waals surface area (Å²) in [6, 6.07) is 6.00. The van der Waals surface area contributed by atoms with Crippen LogP contribution in [0.15, 0.2) is 24.3 Å². The molecule has 116 valence electrons. The summed E-state index contributed by atoms with van der Waals surface area (Å²) >= 11 is 0. The molecule has 21 heavy (non-hydrogen) atoms. The van der Waals surface area contributed by atoms with Gasteiger partial charge in [0.15, 0.2) is 0 Å². The number of carbonyl (C=O) groups excluding carboxylic acids is 1. The second-order valence-electron chi connectivity index (χ2n) is 4.40. The van der Waals surface area contributed by atoms with E-state index in [0.717, 1.165) is 0 Å². The molecule has 1 aromatic carbocycles. The van der Waals surface area contributed by atoms with Crippen molar-refractivity contribution in [1.82, 2.24) is 0 Å². The second kappa shape index (κ2) is 8.93. The SMILES string of the molecule is COCCOc1cccc(NC(=O)C(N)CCC(=O)O)c1. The van der Waals surface area contributed by atoms with Crippen LogP contribution in [0.1, 0.15) is 12.8 Å². The lowest BCUT2D eigenvalue weighted by Crippen LogP contribution is -2.36. The van der Waals surface area contributed by atoms with Crippen molar-refractivity contribution < 1.29 is 24.2 Å². The summed E-state index contributed by atoms with van der Waals surface area (Å²) in [5.74, 6) is -0.805. The molecule has 0 fully saturated rings. The third-order valence-corrected chi connectivity index (χ3v) is 2.66. The standard InChI is InChI=1S/C14H20N2O5/c1-20-7-8-21-11-4-2-3-10(9-11)16-14(19)12(15)5-6-13(17)18/h2-4,9,12H,5-8,15H2,1H3,(H,16,19)(H,17,18). The minimum atomic E-state index is -0.980. The molecular formula is C14H20N2O5. The maximum absolute atomic E-state index is 11.8. The van der Waals surface area contributed by atoms with E-state index in [9.17, 15) is 9.59 Å². The number of nitrogens with one attached hydrogen (secondary N) is 1. The lowest BCUT2D eigenvalue weighted by atomic mass is 10.1. The molecular weight excluding hydrogens is 276 g/mol. The smallest absolute Gasteiger partial charge is 0.303 e. The Morgan fingerprint density at radius 2 is 2.14 bits per heavy atom. The van der Waals surface area contributed by atoms with E-state index in [4.69, 9.17) is 20.3 Å². The van der Waals surface area contributed by atoms with E-state index >= 15 is 0 Å². The third kappa shape index (κ3) is 6.73. The van der Waals surface area contributed by atoms with Crippen LogP contribution in [-0.2, 0) is 14.3 Å². The van der Waals surface area contributed by atoms with Crippen molar-refractivity contribution in [1.29, 1.82) is 0 Å². The second-order valence-corrected chi connectivity index (χ2v) is 4.40. The highest BCUT2D eigenvalue weighted by Gasteiger charge is 2.15. The van der Waals surface area contributed by atoms with Gasteiger partial charge in [0.1, 0.15) is 12.4 Å². The molecule has 7 nitrogen and oxygen atoms in total. The Labute approximate surface area is 123 Å². The number of aliphatic carboxylic acids is 1. The van der Waals surface area contributed by atoms with Crippen molar-refractivity contribution >= 4 is 17.6 Å². The molecule has 1 unspecified atom stereocenters. The van der Waals surface area contributed by atoms with Gasteiger partial charge in [-0.1, -0.05) is 6.07 Å². The van der Waals surface area contributed by atoms with E-state index in [2.05, 4.69) is 5.32 Å². The molecule has 1 aromatic rings. The molecule has 0 heterocycles. The minimum Gasteiger partial charge on any atom is -0.491 e. The first-order valence-corrected chi connectivity index (χ1v) is 6.53. The zero-order chi connectivity index (χ0) is 15.7. The van der Waals surface area contributed by atoms with Crippen LogP contribution in [0, 0.1) is 0 Å². The number of carboxylic acid groups (broad SMARTS) is 1. The van der Waals surface area contributed by atoms with Crippen molar-refractivity contribution in [2.45, 2.75) is 18.9 Å². The Balaban J connectivity index is 2.51. The Morgan fingerprint density at radius 3 is 2.81 bits per heavy atom. The molecule has 0 spiro atoms. The number of ether oxygens (including phenoxy) is 2. The maximum atomic E-state index is 11.8. The highest BCUT2D eigenvalue weighted by molar-refractivity contribution is 5.95. The molecule has 1 atom stereocenters. The first-order valence-electron chi connectivity index (χ1n) is 6.53. The predicted molar refractivity (Wildman–Crippen MR) is 77.3 cm³/mol. The van der Waals surface area contributed by atoms with E-state index in [0.29, 0.717) is 24.7 Å². The van der Waals surface area contributed by atoms with Crippen molar-refractivity contribution in [3.05, 3.63) is 24.3 Å².